The second kappa shape index (κ2) is 6.04. The molecule has 100 valence electrons. The number of aryl methyl sites for hydroxylation is 1. The summed E-state index contributed by atoms with van der Waals surface area (Å²) in [5.74, 6) is 4.18. The molecule has 4 nitrogen and oxygen atoms in total. The summed E-state index contributed by atoms with van der Waals surface area (Å²) in [5.41, 5.74) is 6.31. The highest BCUT2D eigenvalue weighted by atomic mass is 32.1. The zero-order valence-corrected chi connectivity index (χ0v) is 11.6. The van der Waals surface area contributed by atoms with Crippen LogP contribution in [0.4, 0.5) is 5.00 Å². The summed E-state index contributed by atoms with van der Waals surface area (Å²) in [4.78, 5) is 23.9. The summed E-state index contributed by atoms with van der Waals surface area (Å²) in [6.07, 6.45) is 0. The van der Waals surface area contributed by atoms with Crippen LogP contribution >= 0.6 is 11.3 Å². The molecule has 0 fully saturated rings. The van der Waals surface area contributed by atoms with E-state index in [1.807, 2.05) is 37.3 Å². The van der Waals surface area contributed by atoms with Crippen molar-refractivity contribution in [2.45, 2.75) is 6.92 Å². The highest BCUT2D eigenvalue weighted by Gasteiger charge is 2.13. The van der Waals surface area contributed by atoms with Crippen LogP contribution in [0.1, 0.15) is 20.8 Å². The number of amides is 2. The molecule has 2 amide bonds. The lowest BCUT2D eigenvalue weighted by Crippen LogP contribution is -2.15. The molecule has 1 heterocycles. The van der Waals surface area contributed by atoms with E-state index in [0.717, 1.165) is 10.4 Å². The van der Waals surface area contributed by atoms with Crippen LogP contribution in [0.3, 0.4) is 0 Å². The molecule has 20 heavy (non-hydrogen) atoms. The zero-order chi connectivity index (χ0) is 14.5. The quantitative estimate of drug-likeness (QED) is 0.829. The average Bonchev–Trinajstić information content (AvgIpc) is 2.79. The van der Waals surface area contributed by atoms with Crippen molar-refractivity contribution in [3.63, 3.8) is 0 Å². The summed E-state index contributed by atoms with van der Waals surface area (Å²) in [6, 6.07) is 10.8. The molecule has 0 aliphatic rings. The predicted molar refractivity (Wildman–Crippen MR) is 79.5 cm³/mol. The lowest BCUT2D eigenvalue weighted by molar-refractivity contribution is -0.111. The second-order valence-electron chi connectivity index (χ2n) is 4.03. The number of anilines is 1. The molecule has 2 aromatic rings. The molecular formula is C15H12N2O2S. The van der Waals surface area contributed by atoms with Gasteiger partial charge < -0.3 is 11.1 Å². The van der Waals surface area contributed by atoms with Gasteiger partial charge in [-0.15, -0.1) is 11.3 Å². The van der Waals surface area contributed by atoms with Crippen LogP contribution in [0, 0.1) is 18.8 Å². The van der Waals surface area contributed by atoms with Gasteiger partial charge in [0, 0.05) is 16.4 Å². The van der Waals surface area contributed by atoms with Crippen LogP contribution in [-0.2, 0) is 4.79 Å². The van der Waals surface area contributed by atoms with Crippen molar-refractivity contribution in [3.05, 3.63) is 52.4 Å². The Labute approximate surface area is 120 Å². The van der Waals surface area contributed by atoms with Crippen molar-refractivity contribution in [1.29, 1.82) is 0 Å². The van der Waals surface area contributed by atoms with E-state index in [1.165, 1.54) is 11.3 Å². The van der Waals surface area contributed by atoms with Gasteiger partial charge in [-0.1, -0.05) is 24.1 Å². The van der Waals surface area contributed by atoms with E-state index in [0.29, 0.717) is 10.6 Å². The number of carbonyl (C=O) groups excluding carboxylic acids is 2. The Kier molecular flexibility index (Phi) is 4.18. The minimum atomic E-state index is -0.569. The number of hydrogen-bond donors (Lipinski definition) is 2. The van der Waals surface area contributed by atoms with E-state index in [9.17, 15) is 9.59 Å². The van der Waals surface area contributed by atoms with E-state index in [-0.39, 0.29) is 0 Å². The van der Waals surface area contributed by atoms with Gasteiger partial charge in [0.15, 0.2) is 0 Å². The van der Waals surface area contributed by atoms with Gasteiger partial charge in [0.2, 0.25) is 0 Å². The summed E-state index contributed by atoms with van der Waals surface area (Å²) in [5, 5.41) is 3.02. The van der Waals surface area contributed by atoms with Gasteiger partial charge in [0.05, 0.1) is 5.56 Å². The standard InChI is InChI=1S/C15H12N2O2S/c1-10-9-12(14(16)19)15(20-10)17-13(18)8-7-11-5-3-2-4-6-11/h2-6,9H,1H3,(H2,16,19)(H,17,18). The molecular weight excluding hydrogens is 272 g/mol. The lowest BCUT2D eigenvalue weighted by atomic mass is 10.2. The number of primary amides is 1. The molecule has 0 radical (unpaired) electrons. The summed E-state index contributed by atoms with van der Waals surface area (Å²) < 4.78 is 0. The van der Waals surface area contributed by atoms with Crippen molar-refractivity contribution < 1.29 is 9.59 Å². The van der Waals surface area contributed by atoms with Crippen molar-refractivity contribution >= 4 is 28.2 Å². The molecule has 0 bridgehead atoms. The van der Waals surface area contributed by atoms with E-state index >= 15 is 0 Å². The van der Waals surface area contributed by atoms with Gasteiger partial charge in [0.25, 0.3) is 5.91 Å². The molecule has 0 saturated heterocycles. The third-order valence-corrected chi connectivity index (χ3v) is 3.41. The summed E-state index contributed by atoms with van der Waals surface area (Å²) >= 11 is 1.29. The van der Waals surface area contributed by atoms with Gasteiger partial charge in [-0.25, -0.2) is 0 Å². The summed E-state index contributed by atoms with van der Waals surface area (Å²) in [7, 11) is 0. The maximum Gasteiger partial charge on any atom is 0.301 e. The molecule has 0 atom stereocenters. The van der Waals surface area contributed by atoms with E-state index in [2.05, 4.69) is 17.2 Å². The number of thiophene rings is 1. The minimum absolute atomic E-state index is 0.308. The number of carbonyl (C=O) groups is 2. The van der Waals surface area contributed by atoms with Crippen molar-refractivity contribution in [3.8, 4) is 11.8 Å². The first kappa shape index (κ1) is 13.8. The first-order chi connectivity index (χ1) is 9.56. The third-order valence-electron chi connectivity index (χ3n) is 2.44. The largest absolute Gasteiger partial charge is 0.366 e. The van der Waals surface area contributed by atoms with Gasteiger partial charge in [-0.3, -0.25) is 9.59 Å². The third kappa shape index (κ3) is 3.46. The molecule has 2 rings (SSSR count). The number of benzene rings is 1. The monoisotopic (exact) mass is 284 g/mol. The summed E-state index contributed by atoms with van der Waals surface area (Å²) in [6.45, 7) is 1.84. The normalized spacial score (nSPS) is 9.45. The SMILES string of the molecule is Cc1cc(C(N)=O)c(NC(=O)C#Cc2ccccc2)s1. The molecule has 3 N–H and O–H groups in total. The van der Waals surface area contributed by atoms with Gasteiger partial charge in [0.1, 0.15) is 5.00 Å². The highest BCUT2D eigenvalue weighted by Crippen LogP contribution is 2.26. The Bertz CT molecular complexity index is 708. The van der Waals surface area contributed by atoms with Crippen LogP contribution in [0.5, 0.6) is 0 Å². The Morgan fingerprint density at radius 1 is 1.25 bits per heavy atom. The Morgan fingerprint density at radius 3 is 2.60 bits per heavy atom. The van der Waals surface area contributed by atoms with Gasteiger partial charge in [-0.05, 0) is 25.1 Å². The molecule has 1 aromatic heterocycles. The Balaban J connectivity index is 2.13. The topological polar surface area (TPSA) is 72.2 Å². The van der Waals surface area contributed by atoms with Gasteiger partial charge in [-0.2, -0.15) is 0 Å². The number of nitrogens with two attached hydrogens (primary N) is 1. The predicted octanol–water partition coefficient (Wildman–Crippen LogP) is 2.15. The maximum absolute atomic E-state index is 11.7. The maximum atomic E-state index is 11.7. The van der Waals surface area contributed by atoms with Crippen molar-refractivity contribution in [2.75, 3.05) is 5.32 Å². The molecule has 0 saturated carbocycles. The highest BCUT2D eigenvalue weighted by molar-refractivity contribution is 7.16. The smallest absolute Gasteiger partial charge is 0.301 e. The molecule has 0 unspecified atom stereocenters. The average molecular weight is 284 g/mol. The van der Waals surface area contributed by atoms with Crippen LogP contribution in [0.15, 0.2) is 36.4 Å². The van der Waals surface area contributed by atoms with Crippen LogP contribution < -0.4 is 11.1 Å². The lowest BCUT2D eigenvalue weighted by Gasteiger charge is -1.98. The molecule has 1 aromatic carbocycles. The van der Waals surface area contributed by atoms with Crippen molar-refractivity contribution in [2.24, 2.45) is 5.73 Å². The Morgan fingerprint density at radius 2 is 1.95 bits per heavy atom. The first-order valence-electron chi connectivity index (χ1n) is 5.84. The fraction of sp³-hybridized carbons (Fsp3) is 0.0667. The van der Waals surface area contributed by atoms with Crippen LogP contribution in [0.2, 0.25) is 0 Å². The van der Waals surface area contributed by atoms with E-state index in [4.69, 9.17) is 5.73 Å². The van der Waals surface area contributed by atoms with E-state index < -0.39 is 11.8 Å². The molecule has 0 aliphatic heterocycles. The fourth-order valence-electron chi connectivity index (χ4n) is 1.57. The minimum Gasteiger partial charge on any atom is -0.366 e. The first-order valence-corrected chi connectivity index (χ1v) is 6.66. The van der Waals surface area contributed by atoms with Gasteiger partial charge >= 0.3 is 5.91 Å². The van der Waals surface area contributed by atoms with Crippen molar-refractivity contribution in [1.82, 2.24) is 0 Å². The molecule has 0 aliphatic carbocycles. The molecule has 0 spiro atoms. The number of hydrogen-bond acceptors (Lipinski definition) is 3. The molecule has 5 heteroatoms. The Hall–Kier alpha value is -2.58. The fourth-order valence-corrected chi connectivity index (χ4v) is 2.49. The number of rotatable bonds is 2. The van der Waals surface area contributed by atoms with Crippen LogP contribution in [0.25, 0.3) is 0 Å². The second-order valence-corrected chi connectivity index (χ2v) is 5.29. The van der Waals surface area contributed by atoms with E-state index in [1.54, 1.807) is 6.07 Å². The zero-order valence-electron chi connectivity index (χ0n) is 10.8. The van der Waals surface area contributed by atoms with Crippen LogP contribution in [-0.4, -0.2) is 11.8 Å². The number of nitrogens with one attached hydrogen (secondary N) is 1.